The van der Waals surface area contributed by atoms with E-state index in [9.17, 15) is 0 Å². The molecule has 0 amide bonds. The largest absolute Gasteiger partial charge is 0.323 e. The highest BCUT2D eigenvalue weighted by atomic mass is 15.3. The second-order valence-electron chi connectivity index (χ2n) is 6.59. The zero-order chi connectivity index (χ0) is 14.3. The summed E-state index contributed by atoms with van der Waals surface area (Å²) in [4.78, 5) is 3.56. The van der Waals surface area contributed by atoms with Crippen molar-refractivity contribution in [3.05, 3.63) is 35.9 Å². The van der Waals surface area contributed by atoms with Crippen LogP contribution in [0.5, 0.6) is 0 Å². The van der Waals surface area contributed by atoms with Crippen LogP contribution in [-0.2, 0) is 0 Å². The Balaban J connectivity index is 1.42. The van der Waals surface area contributed by atoms with Gasteiger partial charge in [-0.2, -0.15) is 0 Å². The first-order chi connectivity index (χ1) is 10.4. The van der Waals surface area contributed by atoms with Crippen LogP contribution in [0.4, 0.5) is 0 Å². The minimum Gasteiger partial charge on any atom is -0.323 e. The summed E-state index contributed by atoms with van der Waals surface area (Å²) in [7, 11) is 0. The zero-order valence-electron chi connectivity index (χ0n) is 13.0. The van der Waals surface area contributed by atoms with Crippen LogP contribution >= 0.6 is 0 Å². The summed E-state index contributed by atoms with van der Waals surface area (Å²) < 4.78 is 0. The van der Waals surface area contributed by atoms with Crippen molar-refractivity contribution >= 4 is 0 Å². The maximum Gasteiger partial charge on any atom is 0.140 e. The smallest absolute Gasteiger partial charge is 0.140 e. The fraction of sp³-hybridized carbons (Fsp3) is 0.579. The maximum absolute atomic E-state index is 3.37. The Labute approximate surface area is 129 Å². The molecule has 2 aliphatic rings. The van der Waals surface area contributed by atoms with Gasteiger partial charge in [-0.15, -0.1) is 0 Å². The van der Waals surface area contributed by atoms with E-state index in [0.29, 0.717) is 0 Å². The van der Waals surface area contributed by atoms with E-state index in [1.807, 2.05) is 11.0 Å². The Morgan fingerprint density at radius 1 is 0.905 bits per heavy atom. The van der Waals surface area contributed by atoms with Crippen molar-refractivity contribution in [2.45, 2.75) is 38.1 Å². The summed E-state index contributed by atoms with van der Waals surface area (Å²) in [5.74, 6) is 6.66. The molecule has 0 bridgehead atoms. The van der Waals surface area contributed by atoms with E-state index in [4.69, 9.17) is 0 Å². The van der Waals surface area contributed by atoms with Gasteiger partial charge in [0, 0.05) is 5.56 Å². The van der Waals surface area contributed by atoms with E-state index in [0.717, 1.165) is 18.2 Å². The van der Waals surface area contributed by atoms with Gasteiger partial charge in [-0.05, 0) is 43.7 Å². The molecule has 3 rings (SSSR count). The van der Waals surface area contributed by atoms with Crippen molar-refractivity contribution in [2.75, 3.05) is 32.7 Å². The molecule has 2 fully saturated rings. The Morgan fingerprint density at radius 3 is 2.33 bits per heavy atom. The Morgan fingerprint density at radius 2 is 1.62 bits per heavy atom. The lowest BCUT2D eigenvalue weighted by atomic mass is 9.94. The number of benzene rings is 1. The molecule has 0 atom stereocenters. The molecular weight excluding hydrogens is 256 g/mol. The molecule has 0 aromatic heterocycles. The molecule has 1 aliphatic carbocycles. The molecule has 2 N–H and O–H groups in total. The molecule has 1 aromatic rings. The van der Waals surface area contributed by atoms with Crippen LogP contribution in [-0.4, -0.2) is 38.8 Å². The van der Waals surface area contributed by atoms with Crippen LogP contribution in [0, 0.1) is 11.8 Å². The third-order valence-corrected chi connectivity index (χ3v) is 5.13. The van der Waals surface area contributed by atoms with Crippen LogP contribution < -0.4 is 9.80 Å². The lowest BCUT2D eigenvalue weighted by Crippen LogP contribution is -3.29. The monoisotopic (exact) mass is 284 g/mol. The average Bonchev–Trinajstić information content (AvgIpc) is 2.57. The van der Waals surface area contributed by atoms with Crippen molar-refractivity contribution in [3.63, 3.8) is 0 Å². The number of quaternary nitrogens is 2. The summed E-state index contributed by atoms with van der Waals surface area (Å²) in [5.41, 5.74) is 1.14. The van der Waals surface area contributed by atoms with Gasteiger partial charge in [0.25, 0.3) is 0 Å². The highest BCUT2D eigenvalue weighted by molar-refractivity contribution is 5.33. The van der Waals surface area contributed by atoms with Crippen LogP contribution in [0.25, 0.3) is 0 Å². The van der Waals surface area contributed by atoms with Crippen LogP contribution in [0.15, 0.2) is 30.3 Å². The van der Waals surface area contributed by atoms with Gasteiger partial charge in [0.15, 0.2) is 0 Å². The van der Waals surface area contributed by atoms with Gasteiger partial charge in [-0.1, -0.05) is 30.5 Å². The van der Waals surface area contributed by atoms with E-state index in [-0.39, 0.29) is 0 Å². The summed E-state index contributed by atoms with van der Waals surface area (Å²) >= 11 is 0. The third-order valence-electron chi connectivity index (χ3n) is 5.13. The molecule has 112 valence electrons. The van der Waals surface area contributed by atoms with Crippen LogP contribution in [0.2, 0.25) is 0 Å². The second-order valence-corrected chi connectivity index (χ2v) is 6.59. The van der Waals surface area contributed by atoms with Crippen molar-refractivity contribution in [1.29, 1.82) is 0 Å². The highest BCUT2D eigenvalue weighted by Crippen LogP contribution is 2.15. The molecule has 1 saturated heterocycles. The fourth-order valence-electron chi connectivity index (χ4n) is 3.81. The van der Waals surface area contributed by atoms with Crippen molar-refractivity contribution in [2.24, 2.45) is 0 Å². The SMILES string of the molecule is C(#Cc1ccccc1)C[NH+]1CC[NH+](C2CCCCC2)CC1. The number of hydrogen-bond acceptors (Lipinski definition) is 0. The molecule has 1 saturated carbocycles. The van der Waals surface area contributed by atoms with Gasteiger partial charge in [-0.25, -0.2) is 0 Å². The summed E-state index contributed by atoms with van der Waals surface area (Å²) in [6, 6.07) is 11.3. The number of piperazine rings is 1. The normalized spacial score (nSPS) is 26.9. The molecule has 1 aromatic carbocycles. The summed E-state index contributed by atoms with van der Waals surface area (Å²) in [5, 5.41) is 0. The highest BCUT2D eigenvalue weighted by Gasteiger charge is 2.29. The summed E-state index contributed by atoms with van der Waals surface area (Å²) in [6.07, 6.45) is 7.34. The Hall–Kier alpha value is -1.30. The van der Waals surface area contributed by atoms with Crippen molar-refractivity contribution in [3.8, 4) is 11.8 Å². The number of nitrogens with one attached hydrogen (secondary N) is 2. The molecule has 0 radical (unpaired) electrons. The third kappa shape index (κ3) is 4.33. The predicted molar refractivity (Wildman–Crippen MR) is 86.5 cm³/mol. The first-order valence-corrected chi connectivity index (χ1v) is 8.64. The molecule has 1 heterocycles. The van der Waals surface area contributed by atoms with E-state index in [1.54, 1.807) is 4.90 Å². The second kappa shape index (κ2) is 7.64. The van der Waals surface area contributed by atoms with Gasteiger partial charge in [-0.3, -0.25) is 0 Å². The molecule has 1 aliphatic heterocycles. The molecule has 0 spiro atoms. The minimum absolute atomic E-state index is 0.968. The predicted octanol–water partition coefficient (Wildman–Crippen LogP) is 0.154. The fourth-order valence-corrected chi connectivity index (χ4v) is 3.81. The zero-order valence-corrected chi connectivity index (χ0v) is 13.0. The molecular formula is C19H28N2+2. The molecule has 21 heavy (non-hydrogen) atoms. The minimum atomic E-state index is 0.968. The van der Waals surface area contributed by atoms with E-state index in [1.165, 1.54) is 58.3 Å². The van der Waals surface area contributed by atoms with E-state index >= 15 is 0 Å². The van der Waals surface area contributed by atoms with Crippen molar-refractivity contribution < 1.29 is 9.80 Å². The van der Waals surface area contributed by atoms with E-state index < -0.39 is 0 Å². The summed E-state index contributed by atoms with van der Waals surface area (Å²) in [6.45, 7) is 6.32. The molecule has 2 nitrogen and oxygen atoms in total. The van der Waals surface area contributed by atoms with Crippen LogP contribution in [0.1, 0.15) is 37.7 Å². The maximum atomic E-state index is 3.37. The van der Waals surface area contributed by atoms with Gasteiger partial charge in [0.2, 0.25) is 0 Å². The van der Waals surface area contributed by atoms with E-state index in [2.05, 4.69) is 36.1 Å². The van der Waals surface area contributed by atoms with Crippen molar-refractivity contribution in [1.82, 2.24) is 0 Å². The first kappa shape index (κ1) is 14.6. The van der Waals surface area contributed by atoms with Gasteiger partial charge in [0.1, 0.15) is 32.7 Å². The average molecular weight is 284 g/mol. The standard InChI is InChI=1S/C19H26N2/c1-3-8-18(9-4-1)10-7-13-20-14-16-21(17-15-20)19-11-5-2-6-12-19/h1,3-4,8-9,19H,2,5-6,11-17H2/p+2. The van der Waals surface area contributed by atoms with Crippen LogP contribution in [0.3, 0.4) is 0 Å². The Kier molecular flexibility index (Phi) is 5.32. The Bertz CT molecular complexity index is 471. The number of hydrogen-bond donors (Lipinski definition) is 2. The number of rotatable bonds is 2. The molecule has 2 heteroatoms. The van der Waals surface area contributed by atoms with Gasteiger partial charge >= 0.3 is 0 Å². The lowest BCUT2D eigenvalue weighted by molar-refractivity contribution is -1.02. The quantitative estimate of drug-likeness (QED) is 0.716. The first-order valence-electron chi connectivity index (χ1n) is 8.64. The lowest BCUT2D eigenvalue weighted by Gasteiger charge is -2.35. The topological polar surface area (TPSA) is 8.88 Å². The van der Waals surface area contributed by atoms with Gasteiger partial charge < -0.3 is 9.80 Å². The molecule has 0 unspecified atom stereocenters. The van der Waals surface area contributed by atoms with Gasteiger partial charge in [0.05, 0.1) is 6.04 Å².